The van der Waals surface area contributed by atoms with Crippen molar-refractivity contribution >= 4 is 37.5 Å². The number of anilines is 1. The number of benzene rings is 1. The molecule has 2 N–H and O–H groups in total. The van der Waals surface area contributed by atoms with Gasteiger partial charge in [0.25, 0.3) is 0 Å². The van der Waals surface area contributed by atoms with Crippen LogP contribution >= 0.6 is 31.9 Å². The molecule has 0 fully saturated rings. The average molecular weight is 372 g/mol. The van der Waals surface area contributed by atoms with Crippen LogP contribution in [0, 0.1) is 13.8 Å². The Kier molecular flexibility index (Phi) is 3.92. The van der Waals surface area contributed by atoms with Crippen molar-refractivity contribution in [2.24, 2.45) is 0 Å². The summed E-state index contributed by atoms with van der Waals surface area (Å²) in [6, 6.07) is 5.87. The Morgan fingerprint density at radius 1 is 1.22 bits per heavy atom. The van der Waals surface area contributed by atoms with Gasteiger partial charge in [-0.2, -0.15) is 0 Å². The second kappa shape index (κ2) is 5.28. The Morgan fingerprint density at radius 2 is 1.94 bits per heavy atom. The van der Waals surface area contributed by atoms with E-state index in [2.05, 4.69) is 36.8 Å². The summed E-state index contributed by atoms with van der Waals surface area (Å²) in [5, 5.41) is 0. The van der Waals surface area contributed by atoms with Crippen molar-refractivity contribution in [1.82, 2.24) is 4.98 Å². The maximum atomic E-state index is 5.81. The molecule has 0 amide bonds. The standard InChI is InChI=1S/C13H12Br2N2O/c1-7-3-4-9(14)5-11(7)18-13-12(15)8(2)10(16)6-17-13/h3-6H,16H2,1-2H3. The third-order valence-electron chi connectivity index (χ3n) is 2.63. The molecule has 2 aromatic rings. The van der Waals surface area contributed by atoms with E-state index in [0.29, 0.717) is 11.6 Å². The molecular formula is C13H12Br2N2O. The van der Waals surface area contributed by atoms with Crippen LogP contribution in [0.2, 0.25) is 0 Å². The van der Waals surface area contributed by atoms with Crippen LogP contribution in [0.1, 0.15) is 11.1 Å². The van der Waals surface area contributed by atoms with Crippen LogP contribution in [0.5, 0.6) is 11.6 Å². The SMILES string of the molecule is Cc1ccc(Br)cc1Oc1ncc(N)c(C)c1Br. The minimum Gasteiger partial charge on any atom is -0.438 e. The highest BCUT2D eigenvalue weighted by molar-refractivity contribution is 9.10. The van der Waals surface area contributed by atoms with Crippen LogP contribution < -0.4 is 10.5 Å². The molecule has 0 unspecified atom stereocenters. The number of pyridine rings is 1. The molecule has 1 heterocycles. The number of hydrogen-bond acceptors (Lipinski definition) is 3. The summed E-state index contributed by atoms with van der Waals surface area (Å²) >= 11 is 6.87. The molecule has 0 spiro atoms. The van der Waals surface area contributed by atoms with Gasteiger partial charge in [-0.15, -0.1) is 0 Å². The molecule has 18 heavy (non-hydrogen) atoms. The van der Waals surface area contributed by atoms with Crippen LogP contribution in [0.3, 0.4) is 0 Å². The summed E-state index contributed by atoms with van der Waals surface area (Å²) < 4.78 is 7.56. The topological polar surface area (TPSA) is 48.1 Å². The smallest absolute Gasteiger partial charge is 0.234 e. The number of aryl methyl sites for hydroxylation is 1. The second-order valence-corrected chi connectivity index (χ2v) is 5.68. The van der Waals surface area contributed by atoms with Gasteiger partial charge >= 0.3 is 0 Å². The number of nitrogen functional groups attached to an aromatic ring is 1. The van der Waals surface area contributed by atoms with Crippen molar-refractivity contribution < 1.29 is 4.74 Å². The van der Waals surface area contributed by atoms with E-state index in [4.69, 9.17) is 10.5 Å². The summed E-state index contributed by atoms with van der Waals surface area (Å²) in [5.74, 6) is 1.28. The van der Waals surface area contributed by atoms with Gasteiger partial charge in [0.15, 0.2) is 0 Å². The van der Waals surface area contributed by atoms with E-state index in [9.17, 15) is 0 Å². The fourth-order valence-electron chi connectivity index (χ4n) is 1.43. The number of ether oxygens (including phenoxy) is 1. The Balaban J connectivity index is 2.40. The molecule has 0 aliphatic rings. The van der Waals surface area contributed by atoms with Crippen molar-refractivity contribution in [3.05, 3.63) is 44.5 Å². The zero-order chi connectivity index (χ0) is 13.3. The number of aromatic nitrogens is 1. The summed E-state index contributed by atoms with van der Waals surface area (Å²) in [4.78, 5) is 4.20. The molecule has 0 bridgehead atoms. The number of halogens is 2. The molecule has 94 valence electrons. The molecule has 0 saturated heterocycles. The average Bonchev–Trinajstić information content (AvgIpc) is 2.34. The molecule has 0 aliphatic heterocycles. The van der Waals surface area contributed by atoms with E-state index in [1.165, 1.54) is 0 Å². The van der Waals surface area contributed by atoms with Crippen LogP contribution in [0.15, 0.2) is 33.3 Å². The molecular weight excluding hydrogens is 360 g/mol. The van der Waals surface area contributed by atoms with Crippen molar-refractivity contribution in [2.45, 2.75) is 13.8 Å². The normalized spacial score (nSPS) is 10.4. The van der Waals surface area contributed by atoms with Gasteiger partial charge < -0.3 is 10.5 Å². The molecule has 0 aliphatic carbocycles. The number of hydrogen-bond donors (Lipinski definition) is 1. The summed E-state index contributed by atoms with van der Waals surface area (Å²) in [6.45, 7) is 3.90. The number of nitrogens with two attached hydrogens (primary N) is 1. The summed E-state index contributed by atoms with van der Waals surface area (Å²) in [7, 11) is 0. The fourth-order valence-corrected chi connectivity index (χ4v) is 2.18. The molecule has 5 heteroatoms. The van der Waals surface area contributed by atoms with Crippen LogP contribution in [-0.4, -0.2) is 4.98 Å². The number of rotatable bonds is 2. The lowest BCUT2D eigenvalue weighted by Crippen LogP contribution is -1.97. The van der Waals surface area contributed by atoms with Gasteiger partial charge in [-0.25, -0.2) is 4.98 Å². The van der Waals surface area contributed by atoms with Crippen LogP contribution in [0.25, 0.3) is 0 Å². The van der Waals surface area contributed by atoms with Crippen molar-refractivity contribution in [1.29, 1.82) is 0 Å². The highest BCUT2D eigenvalue weighted by Crippen LogP contribution is 2.34. The van der Waals surface area contributed by atoms with Gasteiger partial charge in [-0.05, 0) is 53.0 Å². The molecule has 1 aromatic heterocycles. The van der Waals surface area contributed by atoms with Crippen LogP contribution in [0.4, 0.5) is 5.69 Å². The quantitative estimate of drug-likeness (QED) is 0.839. The van der Waals surface area contributed by atoms with Gasteiger partial charge in [-0.1, -0.05) is 22.0 Å². The molecule has 0 radical (unpaired) electrons. The summed E-state index contributed by atoms with van der Waals surface area (Å²) in [6.07, 6.45) is 1.60. The number of nitrogens with zero attached hydrogens (tertiary/aromatic N) is 1. The van der Waals surface area contributed by atoms with Crippen molar-refractivity contribution in [2.75, 3.05) is 5.73 Å². The van der Waals surface area contributed by atoms with Gasteiger partial charge in [0.2, 0.25) is 5.88 Å². The van der Waals surface area contributed by atoms with Crippen molar-refractivity contribution in [3.63, 3.8) is 0 Å². The van der Waals surface area contributed by atoms with E-state index in [1.54, 1.807) is 6.20 Å². The Hall–Kier alpha value is -1.07. The van der Waals surface area contributed by atoms with E-state index in [1.807, 2.05) is 32.0 Å². The third kappa shape index (κ3) is 2.67. The van der Waals surface area contributed by atoms with E-state index < -0.39 is 0 Å². The van der Waals surface area contributed by atoms with E-state index >= 15 is 0 Å². The first-order valence-electron chi connectivity index (χ1n) is 5.33. The lowest BCUT2D eigenvalue weighted by atomic mass is 10.2. The van der Waals surface area contributed by atoms with E-state index in [0.717, 1.165) is 25.8 Å². The predicted octanol–water partition coefficient (Wildman–Crippen LogP) is 4.60. The largest absolute Gasteiger partial charge is 0.438 e. The Labute approximate surface area is 123 Å². The molecule has 1 aromatic carbocycles. The minimum atomic E-state index is 0.517. The molecule has 2 rings (SSSR count). The highest BCUT2D eigenvalue weighted by atomic mass is 79.9. The van der Waals surface area contributed by atoms with Crippen LogP contribution in [-0.2, 0) is 0 Å². The molecule has 0 saturated carbocycles. The van der Waals surface area contributed by atoms with Gasteiger partial charge in [-0.3, -0.25) is 0 Å². The lowest BCUT2D eigenvalue weighted by molar-refractivity contribution is 0.455. The Morgan fingerprint density at radius 3 is 2.67 bits per heavy atom. The lowest BCUT2D eigenvalue weighted by Gasteiger charge is -2.11. The van der Waals surface area contributed by atoms with E-state index in [-0.39, 0.29) is 0 Å². The maximum absolute atomic E-state index is 5.81. The zero-order valence-corrected chi connectivity index (χ0v) is 13.2. The molecule has 3 nitrogen and oxygen atoms in total. The first-order valence-corrected chi connectivity index (χ1v) is 6.92. The van der Waals surface area contributed by atoms with Gasteiger partial charge in [0, 0.05) is 4.47 Å². The maximum Gasteiger partial charge on any atom is 0.234 e. The second-order valence-electron chi connectivity index (χ2n) is 3.97. The van der Waals surface area contributed by atoms with Crippen molar-refractivity contribution in [3.8, 4) is 11.6 Å². The summed E-state index contributed by atoms with van der Waals surface area (Å²) in [5.41, 5.74) is 8.39. The molecule has 0 atom stereocenters. The first-order chi connectivity index (χ1) is 8.49. The predicted molar refractivity (Wildman–Crippen MR) is 80.0 cm³/mol. The fraction of sp³-hybridized carbons (Fsp3) is 0.154. The Bertz CT molecular complexity index is 600. The minimum absolute atomic E-state index is 0.517. The first kappa shape index (κ1) is 13.4. The monoisotopic (exact) mass is 370 g/mol. The van der Waals surface area contributed by atoms with Gasteiger partial charge in [0.05, 0.1) is 16.4 Å². The third-order valence-corrected chi connectivity index (χ3v) is 4.05. The van der Waals surface area contributed by atoms with Gasteiger partial charge in [0.1, 0.15) is 5.75 Å². The zero-order valence-electron chi connectivity index (χ0n) is 10.00. The highest BCUT2D eigenvalue weighted by Gasteiger charge is 2.11.